The van der Waals surface area contributed by atoms with E-state index in [0.29, 0.717) is 12.2 Å². The van der Waals surface area contributed by atoms with Crippen molar-refractivity contribution in [3.63, 3.8) is 0 Å². The Kier molecular flexibility index (Phi) is 4.13. The summed E-state index contributed by atoms with van der Waals surface area (Å²) in [7, 11) is 0. The second kappa shape index (κ2) is 5.83. The Labute approximate surface area is 120 Å². The van der Waals surface area contributed by atoms with E-state index in [2.05, 4.69) is 10.3 Å². The number of alkyl halides is 3. The number of anilines is 1. The van der Waals surface area contributed by atoms with Crippen LogP contribution in [0.2, 0.25) is 0 Å². The van der Waals surface area contributed by atoms with E-state index in [1.165, 1.54) is 6.07 Å². The Morgan fingerprint density at radius 2 is 2.00 bits per heavy atom. The number of rotatable bonds is 3. The zero-order valence-corrected chi connectivity index (χ0v) is 11.2. The van der Waals surface area contributed by atoms with Gasteiger partial charge in [0, 0.05) is 11.9 Å². The number of benzene rings is 1. The Hall–Kier alpha value is -2.55. The summed E-state index contributed by atoms with van der Waals surface area (Å²) in [4.78, 5) is 4.16. The van der Waals surface area contributed by atoms with Gasteiger partial charge in [0.2, 0.25) is 0 Å². The van der Waals surface area contributed by atoms with E-state index in [1.807, 2.05) is 13.0 Å². The number of aromatic nitrogens is 1. The van der Waals surface area contributed by atoms with Gasteiger partial charge in [0.15, 0.2) is 0 Å². The standard InChI is InChI=1S/C15H12F3N3/c1-10-2-4-13(20-8-10)9-21-12-5-3-11(7-19)14(6-12)15(16,17)18/h2-6,8,21H,9H2,1H3. The van der Waals surface area contributed by atoms with Gasteiger partial charge >= 0.3 is 6.18 Å². The number of nitrogens with one attached hydrogen (secondary N) is 1. The molecule has 0 saturated heterocycles. The third kappa shape index (κ3) is 3.72. The molecular weight excluding hydrogens is 279 g/mol. The number of halogens is 3. The fraction of sp³-hybridized carbons (Fsp3) is 0.200. The summed E-state index contributed by atoms with van der Waals surface area (Å²) in [6.45, 7) is 2.21. The molecular formula is C15H12F3N3. The number of hydrogen-bond acceptors (Lipinski definition) is 3. The van der Waals surface area contributed by atoms with Crippen LogP contribution in [0.5, 0.6) is 0 Å². The minimum absolute atomic E-state index is 0.295. The van der Waals surface area contributed by atoms with Crippen LogP contribution in [0.3, 0.4) is 0 Å². The van der Waals surface area contributed by atoms with Gasteiger partial charge in [0.05, 0.1) is 29.4 Å². The molecule has 0 aliphatic carbocycles. The van der Waals surface area contributed by atoms with Gasteiger partial charge in [0.1, 0.15) is 0 Å². The molecule has 0 aliphatic rings. The van der Waals surface area contributed by atoms with Crippen LogP contribution in [0.25, 0.3) is 0 Å². The molecule has 0 spiro atoms. The highest BCUT2D eigenvalue weighted by molar-refractivity contribution is 5.53. The third-order valence-corrected chi connectivity index (χ3v) is 2.89. The lowest BCUT2D eigenvalue weighted by Crippen LogP contribution is -2.09. The first-order valence-corrected chi connectivity index (χ1v) is 6.17. The summed E-state index contributed by atoms with van der Waals surface area (Å²) in [5, 5.41) is 11.6. The average Bonchev–Trinajstić information content (AvgIpc) is 2.45. The van der Waals surface area contributed by atoms with Crippen molar-refractivity contribution in [2.45, 2.75) is 19.6 Å². The maximum atomic E-state index is 12.8. The second-order valence-electron chi connectivity index (χ2n) is 4.55. The van der Waals surface area contributed by atoms with E-state index < -0.39 is 11.7 Å². The zero-order valence-electron chi connectivity index (χ0n) is 11.2. The Morgan fingerprint density at radius 1 is 1.24 bits per heavy atom. The van der Waals surface area contributed by atoms with Gasteiger partial charge in [-0.2, -0.15) is 18.4 Å². The molecule has 1 heterocycles. The van der Waals surface area contributed by atoms with Gasteiger partial charge in [-0.25, -0.2) is 0 Å². The largest absolute Gasteiger partial charge is 0.417 e. The van der Waals surface area contributed by atoms with Crippen molar-refractivity contribution in [1.82, 2.24) is 4.98 Å². The normalized spacial score (nSPS) is 11.0. The molecule has 0 unspecified atom stereocenters. The average molecular weight is 291 g/mol. The van der Waals surface area contributed by atoms with Crippen LogP contribution in [0.4, 0.5) is 18.9 Å². The molecule has 0 radical (unpaired) electrons. The van der Waals surface area contributed by atoms with Crippen LogP contribution in [0, 0.1) is 18.3 Å². The highest BCUT2D eigenvalue weighted by atomic mass is 19.4. The summed E-state index contributed by atoms with van der Waals surface area (Å²) in [6, 6.07) is 8.77. The van der Waals surface area contributed by atoms with Crippen molar-refractivity contribution < 1.29 is 13.2 Å². The molecule has 0 saturated carbocycles. The molecule has 0 aliphatic heterocycles. The van der Waals surface area contributed by atoms with Crippen molar-refractivity contribution in [2.75, 3.05) is 5.32 Å². The summed E-state index contributed by atoms with van der Waals surface area (Å²) in [5.41, 5.74) is 0.701. The SMILES string of the molecule is Cc1ccc(CNc2ccc(C#N)c(C(F)(F)F)c2)nc1. The molecule has 0 bridgehead atoms. The minimum atomic E-state index is -4.55. The molecule has 0 fully saturated rings. The van der Waals surface area contributed by atoms with Crippen molar-refractivity contribution in [2.24, 2.45) is 0 Å². The lowest BCUT2D eigenvalue weighted by atomic mass is 10.1. The molecule has 1 aromatic carbocycles. The maximum absolute atomic E-state index is 12.8. The van der Waals surface area contributed by atoms with E-state index in [4.69, 9.17) is 5.26 Å². The fourth-order valence-corrected chi connectivity index (χ4v) is 1.78. The summed E-state index contributed by atoms with van der Waals surface area (Å²) >= 11 is 0. The molecule has 1 N–H and O–H groups in total. The Bertz CT molecular complexity index is 670. The number of hydrogen-bond donors (Lipinski definition) is 1. The predicted octanol–water partition coefficient (Wildman–Crippen LogP) is 3.89. The van der Waals surface area contributed by atoms with Crippen molar-refractivity contribution in [3.05, 3.63) is 58.9 Å². The molecule has 2 aromatic rings. The maximum Gasteiger partial charge on any atom is 0.417 e. The van der Waals surface area contributed by atoms with Crippen LogP contribution in [-0.2, 0) is 12.7 Å². The molecule has 108 valence electrons. The molecule has 6 heteroatoms. The second-order valence-corrected chi connectivity index (χ2v) is 4.55. The van der Waals surface area contributed by atoms with Crippen LogP contribution < -0.4 is 5.32 Å². The highest BCUT2D eigenvalue weighted by Gasteiger charge is 2.33. The predicted molar refractivity (Wildman–Crippen MR) is 72.5 cm³/mol. The zero-order chi connectivity index (χ0) is 15.5. The number of pyridine rings is 1. The Balaban J connectivity index is 2.18. The van der Waals surface area contributed by atoms with E-state index in [-0.39, 0.29) is 5.56 Å². The first-order valence-electron chi connectivity index (χ1n) is 6.17. The number of aryl methyl sites for hydroxylation is 1. The summed E-state index contributed by atoms with van der Waals surface area (Å²) in [5.74, 6) is 0. The van der Waals surface area contributed by atoms with Crippen molar-refractivity contribution >= 4 is 5.69 Å². The monoisotopic (exact) mass is 291 g/mol. The molecule has 1 aromatic heterocycles. The van der Waals surface area contributed by atoms with Gasteiger partial charge in [0.25, 0.3) is 0 Å². The smallest absolute Gasteiger partial charge is 0.379 e. The fourth-order valence-electron chi connectivity index (χ4n) is 1.78. The lowest BCUT2D eigenvalue weighted by molar-refractivity contribution is -0.137. The topological polar surface area (TPSA) is 48.7 Å². The highest BCUT2D eigenvalue weighted by Crippen LogP contribution is 2.33. The quantitative estimate of drug-likeness (QED) is 0.933. The van der Waals surface area contributed by atoms with Crippen molar-refractivity contribution in [3.8, 4) is 6.07 Å². The first-order chi connectivity index (χ1) is 9.90. The molecule has 0 amide bonds. The van der Waals surface area contributed by atoms with E-state index >= 15 is 0 Å². The van der Waals surface area contributed by atoms with Crippen LogP contribution in [0.1, 0.15) is 22.4 Å². The molecule has 0 atom stereocenters. The molecule has 2 rings (SSSR count). The van der Waals surface area contributed by atoms with Gasteiger partial charge in [-0.3, -0.25) is 4.98 Å². The molecule has 3 nitrogen and oxygen atoms in total. The van der Waals surface area contributed by atoms with Gasteiger partial charge < -0.3 is 5.32 Å². The van der Waals surface area contributed by atoms with Crippen LogP contribution >= 0.6 is 0 Å². The first kappa shape index (κ1) is 14.9. The third-order valence-electron chi connectivity index (χ3n) is 2.89. The van der Waals surface area contributed by atoms with E-state index in [9.17, 15) is 13.2 Å². The van der Waals surface area contributed by atoms with Crippen molar-refractivity contribution in [1.29, 1.82) is 5.26 Å². The van der Waals surface area contributed by atoms with E-state index in [1.54, 1.807) is 18.3 Å². The van der Waals surface area contributed by atoms with Gasteiger partial charge in [-0.15, -0.1) is 0 Å². The van der Waals surface area contributed by atoms with Gasteiger partial charge in [-0.05, 0) is 36.8 Å². The van der Waals surface area contributed by atoms with Gasteiger partial charge in [-0.1, -0.05) is 6.07 Å². The lowest BCUT2D eigenvalue weighted by Gasteiger charge is -2.12. The number of nitriles is 1. The summed E-state index contributed by atoms with van der Waals surface area (Å²) in [6.07, 6.45) is -2.86. The summed E-state index contributed by atoms with van der Waals surface area (Å²) < 4.78 is 38.5. The minimum Gasteiger partial charge on any atom is -0.379 e. The molecule has 21 heavy (non-hydrogen) atoms. The van der Waals surface area contributed by atoms with Crippen LogP contribution in [0.15, 0.2) is 36.5 Å². The van der Waals surface area contributed by atoms with Crippen LogP contribution in [-0.4, -0.2) is 4.98 Å². The van der Waals surface area contributed by atoms with E-state index in [0.717, 1.165) is 23.4 Å². The Morgan fingerprint density at radius 3 is 2.57 bits per heavy atom. The number of nitrogens with zero attached hydrogens (tertiary/aromatic N) is 2.